The number of piperidine rings is 1. The van der Waals surface area contributed by atoms with Crippen LogP contribution in [-0.4, -0.2) is 65.2 Å². The third kappa shape index (κ3) is 4.81. The van der Waals surface area contributed by atoms with Gasteiger partial charge in [0.05, 0.1) is 12.6 Å². The summed E-state index contributed by atoms with van der Waals surface area (Å²) < 4.78 is 13.7. The van der Waals surface area contributed by atoms with Crippen molar-refractivity contribution in [1.29, 1.82) is 0 Å². The van der Waals surface area contributed by atoms with E-state index in [4.69, 9.17) is 0 Å². The van der Waals surface area contributed by atoms with Crippen LogP contribution in [0.4, 0.5) is 10.1 Å². The summed E-state index contributed by atoms with van der Waals surface area (Å²) in [5.74, 6) is -0.505. The molecule has 6 heteroatoms. The van der Waals surface area contributed by atoms with Gasteiger partial charge in [-0.05, 0) is 56.8 Å². The number of nitrogens with one attached hydrogen (secondary N) is 1. The summed E-state index contributed by atoms with van der Waals surface area (Å²) in [7, 11) is 0. The first-order chi connectivity index (χ1) is 15.0. The van der Waals surface area contributed by atoms with Crippen LogP contribution in [0.1, 0.15) is 30.4 Å². The predicted octanol–water partition coefficient (Wildman–Crippen LogP) is 3.22. The molecule has 2 fully saturated rings. The molecule has 0 aliphatic carbocycles. The van der Waals surface area contributed by atoms with E-state index in [0.717, 1.165) is 45.3 Å². The highest BCUT2D eigenvalue weighted by Gasteiger charge is 2.49. The van der Waals surface area contributed by atoms with Gasteiger partial charge in [-0.25, -0.2) is 4.39 Å². The van der Waals surface area contributed by atoms with E-state index < -0.39 is 6.10 Å². The summed E-state index contributed by atoms with van der Waals surface area (Å²) in [5, 5.41) is 13.9. The maximum absolute atomic E-state index is 13.7. The van der Waals surface area contributed by atoms with Gasteiger partial charge < -0.3 is 10.4 Å². The van der Waals surface area contributed by atoms with Crippen LogP contribution in [0, 0.1) is 12.7 Å². The van der Waals surface area contributed by atoms with Crippen LogP contribution in [0.5, 0.6) is 0 Å². The summed E-state index contributed by atoms with van der Waals surface area (Å²) >= 11 is 0. The van der Waals surface area contributed by atoms with E-state index in [0.29, 0.717) is 17.8 Å². The zero-order valence-corrected chi connectivity index (χ0v) is 18.2. The molecule has 0 saturated carbocycles. The Labute approximate surface area is 183 Å². The lowest BCUT2D eigenvalue weighted by atomic mass is 9.82. The van der Waals surface area contributed by atoms with Crippen LogP contribution in [-0.2, 0) is 11.2 Å². The molecule has 2 atom stereocenters. The molecule has 0 bridgehead atoms. The number of anilines is 1. The number of aliphatic hydroxyl groups is 1. The number of nitrogens with zero attached hydrogens (tertiary/aromatic N) is 2. The third-order valence-corrected chi connectivity index (χ3v) is 7.00. The number of amides is 1. The molecule has 2 saturated heterocycles. The van der Waals surface area contributed by atoms with E-state index in [1.807, 2.05) is 11.0 Å². The Hall–Kier alpha value is -2.28. The van der Waals surface area contributed by atoms with Crippen molar-refractivity contribution in [2.24, 2.45) is 0 Å². The van der Waals surface area contributed by atoms with Crippen LogP contribution in [0.3, 0.4) is 0 Å². The van der Waals surface area contributed by atoms with E-state index >= 15 is 0 Å². The third-order valence-electron chi connectivity index (χ3n) is 7.00. The first kappa shape index (κ1) is 21.9. The molecule has 31 heavy (non-hydrogen) atoms. The van der Waals surface area contributed by atoms with E-state index in [9.17, 15) is 14.3 Å². The van der Waals surface area contributed by atoms with Crippen LogP contribution < -0.4 is 5.32 Å². The Morgan fingerprint density at radius 1 is 1.16 bits per heavy atom. The van der Waals surface area contributed by atoms with E-state index in [2.05, 4.69) is 34.5 Å². The highest BCUT2D eigenvalue weighted by atomic mass is 19.1. The van der Waals surface area contributed by atoms with Gasteiger partial charge in [0.2, 0.25) is 5.91 Å². The zero-order valence-electron chi connectivity index (χ0n) is 18.2. The van der Waals surface area contributed by atoms with E-state index in [-0.39, 0.29) is 23.8 Å². The lowest BCUT2D eigenvalue weighted by molar-refractivity contribution is -0.120. The second-order valence-corrected chi connectivity index (χ2v) is 8.89. The van der Waals surface area contributed by atoms with Gasteiger partial charge in [-0.1, -0.05) is 36.4 Å². The van der Waals surface area contributed by atoms with Gasteiger partial charge >= 0.3 is 0 Å². The maximum Gasteiger partial charge on any atom is 0.238 e. The maximum atomic E-state index is 13.7. The highest BCUT2D eigenvalue weighted by Crippen LogP contribution is 2.38. The largest absolute Gasteiger partial charge is 0.390 e. The Morgan fingerprint density at radius 3 is 2.74 bits per heavy atom. The molecule has 0 aromatic heterocycles. The number of benzene rings is 2. The molecule has 2 aromatic carbocycles. The topological polar surface area (TPSA) is 55.8 Å². The first-order valence-corrected chi connectivity index (χ1v) is 11.2. The number of halogens is 1. The van der Waals surface area contributed by atoms with Crippen molar-refractivity contribution in [3.63, 3.8) is 0 Å². The SMILES string of the molecule is Cc1c(F)cccc1NC(=O)CN1CC[C@@]2(CCCN2CCc2ccccc2)[C@@H](O)C1. The molecule has 1 spiro atoms. The number of hydrogen-bond acceptors (Lipinski definition) is 4. The minimum Gasteiger partial charge on any atom is -0.390 e. The summed E-state index contributed by atoms with van der Waals surface area (Å²) in [6.07, 6.45) is 3.46. The lowest BCUT2D eigenvalue weighted by Crippen LogP contribution is -2.62. The summed E-state index contributed by atoms with van der Waals surface area (Å²) in [4.78, 5) is 17.0. The molecule has 0 unspecified atom stereocenters. The van der Waals surface area contributed by atoms with Gasteiger partial charge in [0.25, 0.3) is 0 Å². The van der Waals surface area contributed by atoms with Crippen molar-refractivity contribution >= 4 is 11.6 Å². The molecular formula is C25H32FN3O2. The molecule has 2 N–H and O–H groups in total. The zero-order chi connectivity index (χ0) is 21.8. The van der Waals surface area contributed by atoms with Gasteiger partial charge in [-0.3, -0.25) is 14.6 Å². The molecular weight excluding hydrogens is 393 g/mol. The summed E-state index contributed by atoms with van der Waals surface area (Å²) in [5.41, 5.74) is 2.08. The lowest BCUT2D eigenvalue weighted by Gasteiger charge is -2.48. The number of likely N-dealkylation sites (tertiary alicyclic amines) is 2. The Bertz CT molecular complexity index is 907. The van der Waals surface area contributed by atoms with Gasteiger partial charge in [0.15, 0.2) is 0 Å². The molecule has 0 radical (unpaired) electrons. The fourth-order valence-corrected chi connectivity index (χ4v) is 5.16. The minimum atomic E-state index is -0.483. The van der Waals surface area contributed by atoms with Crippen molar-refractivity contribution in [3.8, 4) is 0 Å². The number of β-amino-alcohol motifs (C(OH)–C–C–N with tert-alkyl or cyclic N) is 1. The molecule has 166 valence electrons. The smallest absolute Gasteiger partial charge is 0.238 e. The fourth-order valence-electron chi connectivity index (χ4n) is 5.16. The Kier molecular flexibility index (Phi) is 6.70. The van der Waals surface area contributed by atoms with Crippen molar-refractivity contribution < 1.29 is 14.3 Å². The van der Waals surface area contributed by atoms with Crippen molar-refractivity contribution in [3.05, 3.63) is 65.5 Å². The Morgan fingerprint density at radius 2 is 1.97 bits per heavy atom. The van der Waals surface area contributed by atoms with Crippen molar-refractivity contribution in [2.45, 2.75) is 44.2 Å². The molecule has 5 nitrogen and oxygen atoms in total. The quantitative estimate of drug-likeness (QED) is 0.746. The molecule has 2 heterocycles. The van der Waals surface area contributed by atoms with Gasteiger partial charge in [-0.2, -0.15) is 0 Å². The molecule has 4 rings (SSSR count). The molecule has 1 amide bonds. The number of carbonyl (C=O) groups excluding carboxylic acids is 1. The number of carbonyl (C=O) groups is 1. The standard InChI is InChI=1S/C25H32FN3O2/c1-19-21(26)9-5-10-22(19)27-24(31)18-28-16-13-25(23(30)17-28)12-6-14-29(25)15-11-20-7-3-2-4-8-20/h2-5,7-10,23,30H,6,11-18H2,1H3,(H,27,31)/t23-,25-/m0/s1. The second kappa shape index (κ2) is 9.47. The monoisotopic (exact) mass is 425 g/mol. The van der Waals surface area contributed by atoms with Crippen molar-refractivity contribution in [1.82, 2.24) is 9.80 Å². The number of aliphatic hydroxyl groups excluding tert-OH is 1. The van der Waals surface area contributed by atoms with Crippen LogP contribution in [0.2, 0.25) is 0 Å². The highest BCUT2D eigenvalue weighted by molar-refractivity contribution is 5.93. The second-order valence-electron chi connectivity index (χ2n) is 8.89. The van der Waals surface area contributed by atoms with Crippen molar-refractivity contribution in [2.75, 3.05) is 38.0 Å². The van der Waals surface area contributed by atoms with E-state index in [1.54, 1.807) is 19.1 Å². The van der Waals surface area contributed by atoms with Gasteiger partial charge in [0, 0.05) is 36.4 Å². The van der Waals surface area contributed by atoms with Crippen LogP contribution >= 0.6 is 0 Å². The van der Waals surface area contributed by atoms with Crippen LogP contribution in [0.25, 0.3) is 0 Å². The van der Waals surface area contributed by atoms with Gasteiger partial charge in [-0.15, -0.1) is 0 Å². The minimum absolute atomic E-state index is 0.177. The summed E-state index contributed by atoms with van der Waals surface area (Å²) in [6, 6.07) is 15.2. The fraction of sp³-hybridized carbons (Fsp3) is 0.480. The average Bonchev–Trinajstić information content (AvgIpc) is 3.17. The molecule has 2 aromatic rings. The number of rotatable bonds is 6. The average molecular weight is 426 g/mol. The Balaban J connectivity index is 1.33. The summed E-state index contributed by atoms with van der Waals surface area (Å²) in [6.45, 7) is 5.08. The van der Waals surface area contributed by atoms with Gasteiger partial charge in [0.1, 0.15) is 5.82 Å². The van der Waals surface area contributed by atoms with Crippen LogP contribution in [0.15, 0.2) is 48.5 Å². The first-order valence-electron chi connectivity index (χ1n) is 11.2. The molecule has 2 aliphatic heterocycles. The molecule has 2 aliphatic rings. The normalized spacial score (nSPS) is 24.5. The number of hydrogen-bond donors (Lipinski definition) is 2. The van der Waals surface area contributed by atoms with E-state index in [1.165, 1.54) is 11.6 Å². The predicted molar refractivity (Wildman–Crippen MR) is 121 cm³/mol.